The molecule has 2 saturated carbocycles. The number of hydrogen-bond acceptors (Lipinski definition) is 3. The third-order valence-corrected chi connectivity index (χ3v) is 5.28. The Labute approximate surface area is 119 Å². The summed E-state index contributed by atoms with van der Waals surface area (Å²) in [5.74, 6) is 2.40. The number of carboxylic acids is 1. The molecule has 2 aliphatic rings. The van der Waals surface area contributed by atoms with E-state index in [9.17, 15) is 4.79 Å². The molecule has 1 heterocycles. The zero-order valence-corrected chi connectivity index (χ0v) is 12.2. The Morgan fingerprint density at radius 3 is 2.85 bits per heavy atom. The van der Waals surface area contributed by atoms with E-state index in [1.807, 2.05) is 6.92 Å². The lowest BCUT2D eigenvalue weighted by Crippen LogP contribution is -2.35. The van der Waals surface area contributed by atoms with E-state index in [0.29, 0.717) is 18.3 Å². The Hall–Kier alpha value is -1.29. The fourth-order valence-electron chi connectivity index (χ4n) is 4.13. The first-order chi connectivity index (χ1) is 9.54. The summed E-state index contributed by atoms with van der Waals surface area (Å²) < 4.78 is 5.24. The van der Waals surface area contributed by atoms with Crippen molar-refractivity contribution in [2.75, 3.05) is 0 Å². The van der Waals surface area contributed by atoms with Crippen molar-refractivity contribution >= 4 is 5.97 Å². The summed E-state index contributed by atoms with van der Waals surface area (Å²) in [6.45, 7) is 4.78. The first kappa shape index (κ1) is 13.7. The van der Waals surface area contributed by atoms with Gasteiger partial charge in [-0.15, -0.1) is 0 Å². The molecule has 0 amide bonds. The molecule has 20 heavy (non-hydrogen) atoms. The van der Waals surface area contributed by atoms with Crippen LogP contribution >= 0.6 is 0 Å². The molecule has 0 aromatic carbocycles. The van der Waals surface area contributed by atoms with Gasteiger partial charge in [0.05, 0.1) is 0 Å². The highest BCUT2D eigenvalue weighted by molar-refractivity contribution is 5.84. The van der Waals surface area contributed by atoms with Crippen molar-refractivity contribution in [3.05, 3.63) is 23.2 Å². The molecule has 3 rings (SSSR count). The number of carboxylic acid groups (broad SMARTS) is 1. The molecule has 2 aliphatic carbocycles. The number of aryl methyl sites for hydroxylation is 1. The Bertz CT molecular complexity index is 508. The second-order valence-electron chi connectivity index (χ2n) is 6.51. The van der Waals surface area contributed by atoms with Crippen LogP contribution in [0.15, 0.2) is 10.5 Å². The van der Waals surface area contributed by atoms with Crippen molar-refractivity contribution in [1.29, 1.82) is 0 Å². The molecule has 0 spiro atoms. The number of rotatable bonds is 5. The summed E-state index contributed by atoms with van der Waals surface area (Å²) in [7, 11) is 0. The highest BCUT2D eigenvalue weighted by Gasteiger charge is 2.41. The summed E-state index contributed by atoms with van der Waals surface area (Å²) in [6.07, 6.45) is 5.61. The SMILES string of the molecule is Cc1oc(C(=O)O)cc1CNC(C)C1CC2CCC1C2. The van der Waals surface area contributed by atoms with Crippen molar-refractivity contribution in [1.82, 2.24) is 5.32 Å². The van der Waals surface area contributed by atoms with E-state index >= 15 is 0 Å². The van der Waals surface area contributed by atoms with Gasteiger partial charge < -0.3 is 14.8 Å². The van der Waals surface area contributed by atoms with Crippen LogP contribution in [-0.2, 0) is 6.54 Å². The van der Waals surface area contributed by atoms with Gasteiger partial charge in [0, 0.05) is 18.2 Å². The van der Waals surface area contributed by atoms with Gasteiger partial charge in [-0.1, -0.05) is 6.42 Å². The number of fused-ring (bicyclic) bond motifs is 2. The van der Waals surface area contributed by atoms with Gasteiger partial charge in [-0.25, -0.2) is 4.79 Å². The summed E-state index contributed by atoms with van der Waals surface area (Å²) in [5.41, 5.74) is 0.956. The van der Waals surface area contributed by atoms with Crippen LogP contribution in [0, 0.1) is 24.7 Å². The average Bonchev–Trinajstić information content (AvgIpc) is 3.10. The number of furan rings is 1. The number of aromatic carboxylic acids is 1. The fraction of sp³-hybridized carbons (Fsp3) is 0.688. The zero-order chi connectivity index (χ0) is 14.3. The van der Waals surface area contributed by atoms with Crippen LogP contribution in [0.2, 0.25) is 0 Å². The van der Waals surface area contributed by atoms with Gasteiger partial charge in [-0.2, -0.15) is 0 Å². The molecule has 1 aromatic rings. The molecule has 0 saturated heterocycles. The van der Waals surface area contributed by atoms with Gasteiger partial charge in [-0.3, -0.25) is 0 Å². The monoisotopic (exact) mass is 277 g/mol. The second-order valence-corrected chi connectivity index (χ2v) is 6.51. The molecule has 4 heteroatoms. The molecule has 4 nitrogen and oxygen atoms in total. The predicted molar refractivity (Wildman–Crippen MR) is 75.6 cm³/mol. The maximum absolute atomic E-state index is 10.9. The molecule has 2 fully saturated rings. The van der Waals surface area contributed by atoms with Crippen LogP contribution in [0.25, 0.3) is 0 Å². The van der Waals surface area contributed by atoms with Crippen molar-refractivity contribution in [3.8, 4) is 0 Å². The molecular weight excluding hydrogens is 254 g/mol. The zero-order valence-electron chi connectivity index (χ0n) is 12.2. The van der Waals surface area contributed by atoms with Crippen molar-refractivity contribution in [2.24, 2.45) is 17.8 Å². The lowest BCUT2D eigenvalue weighted by Gasteiger charge is -2.28. The van der Waals surface area contributed by atoms with Gasteiger partial charge in [0.2, 0.25) is 5.76 Å². The van der Waals surface area contributed by atoms with Crippen LogP contribution in [0.1, 0.15) is 54.5 Å². The standard InChI is InChI=1S/C16H23NO3/c1-9(14-6-11-3-4-12(14)5-11)17-8-13-7-15(16(18)19)20-10(13)2/h7,9,11-12,14,17H,3-6,8H2,1-2H3,(H,18,19). The maximum Gasteiger partial charge on any atom is 0.371 e. The van der Waals surface area contributed by atoms with E-state index in [1.165, 1.54) is 25.7 Å². The normalized spacial score (nSPS) is 29.8. The molecule has 1 aromatic heterocycles. The minimum Gasteiger partial charge on any atom is -0.475 e. The molecule has 4 unspecified atom stereocenters. The lowest BCUT2D eigenvalue weighted by atomic mass is 9.84. The smallest absolute Gasteiger partial charge is 0.371 e. The summed E-state index contributed by atoms with van der Waals surface area (Å²) in [6, 6.07) is 2.13. The molecule has 110 valence electrons. The van der Waals surface area contributed by atoms with Crippen LogP contribution in [0.5, 0.6) is 0 Å². The molecule has 2 N–H and O–H groups in total. The van der Waals surface area contributed by atoms with Crippen LogP contribution in [0.3, 0.4) is 0 Å². The Kier molecular flexibility index (Phi) is 3.59. The second kappa shape index (κ2) is 5.24. The molecule has 2 bridgehead atoms. The third kappa shape index (κ3) is 2.49. The topological polar surface area (TPSA) is 62.5 Å². The average molecular weight is 277 g/mol. The maximum atomic E-state index is 10.9. The van der Waals surface area contributed by atoms with E-state index in [4.69, 9.17) is 9.52 Å². The van der Waals surface area contributed by atoms with Gasteiger partial charge in [0.25, 0.3) is 0 Å². The van der Waals surface area contributed by atoms with Crippen LogP contribution in [0.4, 0.5) is 0 Å². The summed E-state index contributed by atoms with van der Waals surface area (Å²) in [4.78, 5) is 10.9. The van der Waals surface area contributed by atoms with Gasteiger partial charge in [0.1, 0.15) is 5.76 Å². The Morgan fingerprint density at radius 2 is 2.30 bits per heavy atom. The lowest BCUT2D eigenvalue weighted by molar-refractivity contribution is 0.0661. The van der Waals surface area contributed by atoms with Crippen molar-refractivity contribution < 1.29 is 14.3 Å². The van der Waals surface area contributed by atoms with E-state index in [0.717, 1.165) is 23.3 Å². The predicted octanol–water partition coefficient (Wildman–Crippen LogP) is 3.20. The van der Waals surface area contributed by atoms with E-state index < -0.39 is 5.97 Å². The van der Waals surface area contributed by atoms with Crippen LogP contribution < -0.4 is 5.32 Å². The molecule has 0 radical (unpaired) electrons. The molecular formula is C16H23NO3. The number of carbonyl (C=O) groups is 1. The fourth-order valence-corrected chi connectivity index (χ4v) is 4.13. The van der Waals surface area contributed by atoms with Gasteiger partial charge >= 0.3 is 5.97 Å². The minimum atomic E-state index is -1.000. The summed E-state index contributed by atoms with van der Waals surface area (Å²) >= 11 is 0. The molecule has 0 aliphatic heterocycles. The van der Waals surface area contributed by atoms with E-state index in [-0.39, 0.29) is 5.76 Å². The van der Waals surface area contributed by atoms with Crippen LogP contribution in [-0.4, -0.2) is 17.1 Å². The highest BCUT2D eigenvalue weighted by atomic mass is 16.4. The molecule has 4 atom stereocenters. The van der Waals surface area contributed by atoms with Crippen molar-refractivity contribution in [2.45, 2.75) is 52.1 Å². The Morgan fingerprint density at radius 1 is 1.50 bits per heavy atom. The quantitative estimate of drug-likeness (QED) is 0.867. The van der Waals surface area contributed by atoms with Gasteiger partial charge in [0.15, 0.2) is 0 Å². The first-order valence-corrected chi connectivity index (χ1v) is 7.60. The van der Waals surface area contributed by atoms with E-state index in [1.54, 1.807) is 6.07 Å². The minimum absolute atomic E-state index is 0.0341. The van der Waals surface area contributed by atoms with Crippen molar-refractivity contribution in [3.63, 3.8) is 0 Å². The first-order valence-electron chi connectivity index (χ1n) is 7.60. The van der Waals surface area contributed by atoms with E-state index in [2.05, 4.69) is 12.2 Å². The van der Waals surface area contributed by atoms with Gasteiger partial charge in [-0.05, 0) is 56.9 Å². The number of nitrogens with one attached hydrogen (secondary N) is 1. The summed E-state index contributed by atoms with van der Waals surface area (Å²) in [5, 5.41) is 12.5. The highest BCUT2D eigenvalue weighted by Crippen LogP contribution is 2.49. The third-order valence-electron chi connectivity index (χ3n) is 5.28. The number of hydrogen-bond donors (Lipinski definition) is 2. The largest absolute Gasteiger partial charge is 0.475 e. The Balaban J connectivity index is 1.58.